The maximum Gasteiger partial charge on any atom is 0.147 e. The summed E-state index contributed by atoms with van der Waals surface area (Å²) in [6.45, 7) is 4.40. The SMILES string of the molecule is CCOc1cc2c(c3[nH]c(C(=O)[O-])cc13)O[C@@H](C)C2. The molecule has 0 radical (unpaired) electrons. The highest BCUT2D eigenvalue weighted by molar-refractivity contribution is 5.99. The summed E-state index contributed by atoms with van der Waals surface area (Å²) in [6, 6.07) is 3.46. The van der Waals surface area contributed by atoms with Gasteiger partial charge in [0, 0.05) is 17.4 Å². The Morgan fingerprint density at radius 1 is 1.58 bits per heavy atom. The Morgan fingerprint density at radius 3 is 3.05 bits per heavy atom. The summed E-state index contributed by atoms with van der Waals surface area (Å²) in [6.07, 6.45) is 0.884. The molecular weight excluding hydrogens is 246 g/mol. The van der Waals surface area contributed by atoms with Gasteiger partial charge in [-0.15, -0.1) is 0 Å². The van der Waals surface area contributed by atoms with Crippen LogP contribution < -0.4 is 14.6 Å². The van der Waals surface area contributed by atoms with Gasteiger partial charge in [-0.1, -0.05) is 0 Å². The number of aromatic carboxylic acids is 1. The Kier molecular flexibility index (Phi) is 2.62. The Morgan fingerprint density at radius 2 is 2.37 bits per heavy atom. The summed E-state index contributed by atoms with van der Waals surface area (Å²) in [7, 11) is 0. The molecule has 0 amide bonds. The number of carboxylic acid groups (broad SMARTS) is 1. The average Bonchev–Trinajstić information content (AvgIpc) is 2.92. The number of nitrogens with one attached hydrogen (secondary N) is 1. The van der Waals surface area contributed by atoms with Gasteiger partial charge >= 0.3 is 0 Å². The fourth-order valence-corrected chi connectivity index (χ4v) is 2.51. The van der Waals surface area contributed by atoms with Gasteiger partial charge in [0.1, 0.15) is 17.6 Å². The second-order valence-electron chi connectivity index (χ2n) is 4.69. The van der Waals surface area contributed by atoms with Crippen LogP contribution in [0.15, 0.2) is 12.1 Å². The van der Waals surface area contributed by atoms with Crippen LogP contribution in [0.4, 0.5) is 0 Å². The summed E-state index contributed by atoms with van der Waals surface area (Å²) < 4.78 is 11.3. The number of hydrogen-bond donors (Lipinski definition) is 1. The smallest absolute Gasteiger partial charge is 0.147 e. The van der Waals surface area contributed by atoms with E-state index in [2.05, 4.69) is 4.98 Å². The molecule has 19 heavy (non-hydrogen) atoms. The van der Waals surface area contributed by atoms with Crippen LogP contribution in [-0.4, -0.2) is 23.7 Å². The zero-order chi connectivity index (χ0) is 13.6. The summed E-state index contributed by atoms with van der Waals surface area (Å²) in [4.78, 5) is 13.8. The van der Waals surface area contributed by atoms with Crippen molar-refractivity contribution >= 4 is 16.9 Å². The van der Waals surface area contributed by atoms with Gasteiger partial charge in [0.05, 0.1) is 23.8 Å². The second kappa shape index (κ2) is 4.19. The lowest BCUT2D eigenvalue weighted by atomic mass is 10.1. The third-order valence-corrected chi connectivity index (χ3v) is 3.25. The number of benzene rings is 1. The molecule has 1 aliphatic rings. The molecule has 1 aliphatic heterocycles. The number of H-pyrrole nitrogens is 1. The van der Waals surface area contributed by atoms with Crippen LogP contribution in [0.25, 0.3) is 10.9 Å². The third-order valence-electron chi connectivity index (χ3n) is 3.25. The predicted molar refractivity (Wildman–Crippen MR) is 67.6 cm³/mol. The molecule has 100 valence electrons. The molecule has 1 N–H and O–H groups in total. The lowest BCUT2D eigenvalue weighted by Gasteiger charge is -2.08. The van der Waals surface area contributed by atoms with Crippen LogP contribution in [0.5, 0.6) is 11.5 Å². The first-order chi connectivity index (χ1) is 9.10. The first-order valence-corrected chi connectivity index (χ1v) is 6.29. The normalized spacial score (nSPS) is 17.3. The molecule has 1 aromatic heterocycles. The van der Waals surface area contributed by atoms with Crippen molar-refractivity contribution < 1.29 is 19.4 Å². The summed E-state index contributed by atoms with van der Waals surface area (Å²) in [5, 5.41) is 11.7. The van der Waals surface area contributed by atoms with E-state index in [0.717, 1.165) is 17.7 Å². The number of carbonyl (C=O) groups is 1. The summed E-state index contributed by atoms with van der Waals surface area (Å²) in [5.74, 6) is 0.162. The van der Waals surface area contributed by atoms with Crippen LogP contribution >= 0.6 is 0 Å². The minimum atomic E-state index is -1.24. The van der Waals surface area contributed by atoms with Gasteiger partial charge in [-0.25, -0.2) is 0 Å². The molecule has 0 saturated carbocycles. The maximum atomic E-state index is 11.0. The van der Waals surface area contributed by atoms with E-state index in [1.165, 1.54) is 6.07 Å². The minimum absolute atomic E-state index is 0.0347. The molecule has 2 aromatic rings. The molecule has 0 fully saturated rings. The van der Waals surface area contributed by atoms with Gasteiger partial charge in [-0.05, 0) is 26.0 Å². The van der Waals surface area contributed by atoms with E-state index in [9.17, 15) is 9.90 Å². The van der Waals surface area contributed by atoms with Crippen molar-refractivity contribution in [2.75, 3.05) is 6.61 Å². The van der Waals surface area contributed by atoms with Crippen molar-refractivity contribution in [3.05, 3.63) is 23.4 Å². The molecule has 0 spiro atoms. The maximum absolute atomic E-state index is 11.0. The Hall–Kier alpha value is -2.17. The molecule has 5 heteroatoms. The quantitative estimate of drug-likeness (QED) is 0.901. The second-order valence-corrected chi connectivity index (χ2v) is 4.69. The third kappa shape index (κ3) is 1.82. The number of ether oxygens (including phenoxy) is 2. The van der Waals surface area contributed by atoms with Gasteiger partial charge in [-0.2, -0.15) is 0 Å². The highest BCUT2D eigenvalue weighted by atomic mass is 16.5. The van der Waals surface area contributed by atoms with Crippen molar-refractivity contribution in [3.63, 3.8) is 0 Å². The fourth-order valence-electron chi connectivity index (χ4n) is 2.51. The van der Waals surface area contributed by atoms with Crippen LogP contribution in [0.1, 0.15) is 29.9 Å². The zero-order valence-corrected chi connectivity index (χ0v) is 10.8. The highest BCUT2D eigenvalue weighted by Crippen LogP contribution is 2.41. The van der Waals surface area contributed by atoms with Crippen molar-refractivity contribution in [1.82, 2.24) is 4.98 Å². The molecule has 0 saturated heterocycles. The van der Waals surface area contributed by atoms with E-state index in [0.29, 0.717) is 23.3 Å². The number of hydrogen-bond acceptors (Lipinski definition) is 4. The number of carbonyl (C=O) groups excluding carboxylic acids is 1. The lowest BCUT2D eigenvalue weighted by molar-refractivity contribution is -0.255. The summed E-state index contributed by atoms with van der Waals surface area (Å²) in [5.41, 5.74) is 1.74. The molecule has 1 aromatic carbocycles. The highest BCUT2D eigenvalue weighted by Gasteiger charge is 2.25. The Labute approximate surface area is 110 Å². The van der Waals surface area contributed by atoms with Crippen molar-refractivity contribution in [2.24, 2.45) is 0 Å². The monoisotopic (exact) mass is 260 g/mol. The van der Waals surface area contributed by atoms with Gasteiger partial charge in [0.25, 0.3) is 0 Å². The number of aromatic amines is 1. The Bertz CT molecular complexity index is 659. The molecule has 0 aliphatic carbocycles. The standard InChI is InChI=1S/C14H15NO4/c1-3-18-11-5-8-4-7(2)19-13(8)12-9(11)6-10(15-12)14(16)17/h5-7,15H,3-4H2,1-2H3,(H,16,17)/p-1/t7-/m0/s1. The van der Waals surface area contributed by atoms with Crippen LogP contribution in [0, 0.1) is 0 Å². The molecule has 2 heterocycles. The van der Waals surface area contributed by atoms with Crippen molar-refractivity contribution in [2.45, 2.75) is 26.4 Å². The van der Waals surface area contributed by atoms with Crippen LogP contribution in [0.3, 0.4) is 0 Å². The van der Waals surface area contributed by atoms with E-state index >= 15 is 0 Å². The van der Waals surface area contributed by atoms with Crippen LogP contribution in [0.2, 0.25) is 0 Å². The number of fused-ring (bicyclic) bond motifs is 3. The minimum Gasteiger partial charge on any atom is -0.543 e. The van der Waals surface area contributed by atoms with E-state index in [4.69, 9.17) is 9.47 Å². The topological polar surface area (TPSA) is 74.4 Å². The molecule has 0 bridgehead atoms. The number of carboxylic acids is 1. The van der Waals surface area contributed by atoms with Crippen LogP contribution in [-0.2, 0) is 6.42 Å². The first-order valence-electron chi connectivity index (χ1n) is 6.29. The van der Waals surface area contributed by atoms with Gasteiger partial charge in [0.15, 0.2) is 0 Å². The largest absolute Gasteiger partial charge is 0.543 e. The summed E-state index contributed by atoms with van der Waals surface area (Å²) >= 11 is 0. The van der Waals surface area contributed by atoms with E-state index in [1.807, 2.05) is 19.9 Å². The Balaban J connectivity index is 2.26. The van der Waals surface area contributed by atoms with E-state index in [-0.39, 0.29) is 11.8 Å². The fraction of sp³-hybridized carbons (Fsp3) is 0.357. The van der Waals surface area contributed by atoms with E-state index < -0.39 is 5.97 Å². The predicted octanol–water partition coefficient (Wildman–Crippen LogP) is 1.25. The van der Waals surface area contributed by atoms with E-state index in [1.54, 1.807) is 0 Å². The van der Waals surface area contributed by atoms with Crippen molar-refractivity contribution in [1.29, 1.82) is 0 Å². The molecule has 1 atom stereocenters. The van der Waals surface area contributed by atoms with Gasteiger partial charge < -0.3 is 24.4 Å². The van der Waals surface area contributed by atoms with Gasteiger partial charge in [-0.3, -0.25) is 0 Å². The molecule has 3 rings (SSSR count). The molecular formula is C14H14NO4-. The molecule has 0 unspecified atom stereocenters. The zero-order valence-electron chi connectivity index (χ0n) is 10.8. The number of rotatable bonds is 3. The van der Waals surface area contributed by atoms with Gasteiger partial charge in [0.2, 0.25) is 0 Å². The number of aromatic nitrogens is 1. The lowest BCUT2D eigenvalue weighted by Crippen LogP contribution is -2.22. The average molecular weight is 260 g/mol. The first kappa shape index (κ1) is 11.9. The molecule has 5 nitrogen and oxygen atoms in total. The van der Waals surface area contributed by atoms with Crippen molar-refractivity contribution in [3.8, 4) is 11.5 Å².